The molecule has 434 valence electrons. The van der Waals surface area contributed by atoms with Gasteiger partial charge >= 0.3 is 11.9 Å². The second-order valence-electron chi connectivity index (χ2n) is 22.0. The molecule has 2 saturated heterocycles. The number of carbonyl (C=O) groups is 2. The Morgan fingerprint density at radius 2 is 0.829 bits per heavy atom. The van der Waals surface area contributed by atoms with Crippen molar-refractivity contribution in [1.82, 2.24) is 18.9 Å². The van der Waals surface area contributed by atoms with Crippen molar-refractivity contribution in [2.24, 2.45) is 0 Å². The number of aromatic nitrogens is 2. The van der Waals surface area contributed by atoms with Crippen LogP contribution in [0.1, 0.15) is 103 Å². The van der Waals surface area contributed by atoms with Gasteiger partial charge in [-0.2, -0.15) is 0 Å². The van der Waals surface area contributed by atoms with E-state index in [9.17, 15) is 19.2 Å². The fraction of sp³-hybridized carbons (Fsp3) is 0.455. The van der Waals surface area contributed by atoms with Crippen molar-refractivity contribution >= 4 is 88.0 Å². The van der Waals surface area contributed by atoms with E-state index in [-0.39, 0.29) is 36.5 Å². The summed E-state index contributed by atoms with van der Waals surface area (Å²) in [5.74, 6) is 0.792. The van der Waals surface area contributed by atoms with E-state index in [1.54, 1.807) is 34.8 Å². The summed E-state index contributed by atoms with van der Waals surface area (Å²) in [6, 6.07) is 35.8. The molecule has 0 amide bonds. The molecule has 10 rings (SSSR count). The van der Waals surface area contributed by atoms with Crippen LogP contribution in [0.5, 0.6) is 11.5 Å². The Hall–Kier alpha value is -6.72. The van der Waals surface area contributed by atoms with E-state index in [2.05, 4.69) is 78.9 Å². The third kappa shape index (κ3) is 16.1. The van der Waals surface area contributed by atoms with Crippen LogP contribution in [0, 0.1) is 0 Å². The average Bonchev–Trinajstić information content (AvgIpc) is 4.36. The maximum absolute atomic E-state index is 12.9. The number of pyridine rings is 2. The second-order valence-corrected chi connectivity index (χ2v) is 23.8. The molecule has 2 fully saturated rings. The number of nitrogens with zero attached hydrogens (tertiary/aromatic N) is 6. The molecule has 82 heavy (non-hydrogen) atoms. The lowest BCUT2D eigenvalue weighted by Crippen LogP contribution is -2.46. The van der Waals surface area contributed by atoms with Crippen molar-refractivity contribution < 1.29 is 28.5 Å². The van der Waals surface area contributed by atoms with Crippen LogP contribution >= 0.6 is 22.7 Å². The van der Waals surface area contributed by atoms with Gasteiger partial charge in [-0.25, -0.2) is 0 Å². The van der Waals surface area contributed by atoms with E-state index < -0.39 is 0 Å². The van der Waals surface area contributed by atoms with Crippen LogP contribution in [-0.4, -0.2) is 110 Å². The Bertz CT molecular complexity index is 3240. The Morgan fingerprint density at radius 1 is 0.427 bits per heavy atom. The normalized spacial score (nSPS) is 14.3. The van der Waals surface area contributed by atoms with E-state index in [4.69, 9.17) is 18.9 Å². The molecular formula is C66H80N6O8S2. The highest BCUT2D eigenvalue weighted by Crippen LogP contribution is 2.33. The molecule has 0 radical (unpaired) electrons. The molecule has 8 aromatic rings. The van der Waals surface area contributed by atoms with Gasteiger partial charge < -0.3 is 28.7 Å². The first-order valence-corrected chi connectivity index (χ1v) is 31.8. The summed E-state index contributed by atoms with van der Waals surface area (Å²) >= 11 is 3.60. The Morgan fingerprint density at radius 3 is 1.26 bits per heavy atom. The molecule has 0 saturated carbocycles. The molecule has 6 heterocycles. The van der Waals surface area contributed by atoms with Crippen LogP contribution in [0.25, 0.3) is 42.0 Å². The van der Waals surface area contributed by atoms with Crippen LogP contribution in [0.15, 0.2) is 130 Å². The molecule has 16 heteroatoms. The van der Waals surface area contributed by atoms with Gasteiger partial charge in [-0.3, -0.25) is 38.1 Å². The minimum Gasteiger partial charge on any atom is -0.494 e. The van der Waals surface area contributed by atoms with E-state index in [1.165, 1.54) is 52.8 Å². The number of esters is 2. The minimum atomic E-state index is -0.301. The number of unbranched alkanes of at least 4 members (excludes halogenated alkanes) is 11. The predicted molar refractivity (Wildman–Crippen MR) is 334 cm³/mol. The SMILES string of the molecule is O=C(CCCCCCCCCCCCC(=O)OCn1c(=O)ccc2ccc(OCCCCN3CCN(c4cccc5sccc45)CC3)cc21)OCn1c(=O)ccc2ccc(OCCCCN3CCN(c4cccc5sccc45)CC3)cc21. The van der Waals surface area contributed by atoms with E-state index in [0.29, 0.717) is 48.6 Å². The topological polar surface area (TPSA) is 128 Å². The molecule has 2 aliphatic rings. The first kappa shape index (κ1) is 58.5. The Balaban J connectivity index is 0.534. The number of anilines is 2. The van der Waals surface area contributed by atoms with Gasteiger partial charge in [0.05, 0.1) is 24.2 Å². The molecule has 0 aliphatic carbocycles. The molecule has 0 atom stereocenters. The second kappa shape index (κ2) is 30.0. The van der Waals surface area contributed by atoms with Crippen molar-refractivity contribution in [2.45, 2.75) is 116 Å². The van der Waals surface area contributed by atoms with Gasteiger partial charge in [0, 0.05) is 121 Å². The summed E-state index contributed by atoms with van der Waals surface area (Å²) in [5.41, 5.74) is 3.62. The summed E-state index contributed by atoms with van der Waals surface area (Å²) in [7, 11) is 0. The van der Waals surface area contributed by atoms with Crippen LogP contribution < -0.4 is 30.4 Å². The number of benzene rings is 4. The highest BCUT2D eigenvalue weighted by molar-refractivity contribution is 7.17. The lowest BCUT2D eigenvalue weighted by atomic mass is 10.1. The maximum atomic E-state index is 12.9. The highest BCUT2D eigenvalue weighted by atomic mass is 32.1. The third-order valence-corrected chi connectivity index (χ3v) is 18.1. The zero-order chi connectivity index (χ0) is 56.3. The molecular weight excluding hydrogens is 1070 g/mol. The molecule has 4 aromatic heterocycles. The quantitative estimate of drug-likeness (QED) is 0.0303. The van der Waals surface area contributed by atoms with Crippen LogP contribution in [-0.2, 0) is 32.5 Å². The first-order valence-electron chi connectivity index (χ1n) is 30.0. The van der Waals surface area contributed by atoms with E-state index >= 15 is 0 Å². The molecule has 0 N–H and O–H groups in total. The summed E-state index contributed by atoms with van der Waals surface area (Å²) in [4.78, 5) is 61.5. The zero-order valence-corrected chi connectivity index (χ0v) is 49.2. The number of fused-ring (bicyclic) bond motifs is 4. The Kier molecular flexibility index (Phi) is 21.4. The number of hydrogen-bond donors (Lipinski definition) is 0. The Labute approximate surface area is 489 Å². The van der Waals surface area contributed by atoms with Gasteiger partial charge in [-0.15, -0.1) is 22.7 Å². The van der Waals surface area contributed by atoms with Crippen molar-refractivity contribution in [1.29, 1.82) is 0 Å². The van der Waals surface area contributed by atoms with Gasteiger partial charge in [-0.1, -0.05) is 63.5 Å². The maximum Gasteiger partial charge on any atom is 0.307 e. The highest BCUT2D eigenvalue weighted by Gasteiger charge is 2.21. The van der Waals surface area contributed by atoms with Crippen LogP contribution in [0.3, 0.4) is 0 Å². The minimum absolute atomic E-state index is 0.130. The molecule has 4 aromatic carbocycles. The number of ether oxygens (including phenoxy) is 4. The summed E-state index contributed by atoms with van der Waals surface area (Å²) in [6.45, 7) is 11.4. The lowest BCUT2D eigenvalue weighted by Gasteiger charge is -2.36. The molecule has 14 nitrogen and oxygen atoms in total. The van der Waals surface area contributed by atoms with Gasteiger partial charge in [0.1, 0.15) is 11.5 Å². The first-order chi connectivity index (χ1) is 40.3. The number of hydrogen-bond acceptors (Lipinski definition) is 14. The van der Waals surface area contributed by atoms with Crippen molar-refractivity contribution in [3.05, 3.63) is 141 Å². The van der Waals surface area contributed by atoms with E-state index in [1.807, 2.05) is 36.4 Å². The number of carbonyl (C=O) groups excluding carboxylic acids is 2. The largest absolute Gasteiger partial charge is 0.494 e. The van der Waals surface area contributed by atoms with Gasteiger partial charge in [-0.05, 0) is 146 Å². The average molecular weight is 1150 g/mol. The third-order valence-electron chi connectivity index (χ3n) is 16.3. The van der Waals surface area contributed by atoms with Crippen LogP contribution in [0.2, 0.25) is 0 Å². The van der Waals surface area contributed by atoms with Crippen LogP contribution in [0.4, 0.5) is 11.4 Å². The van der Waals surface area contributed by atoms with Gasteiger partial charge in [0.2, 0.25) is 0 Å². The fourth-order valence-corrected chi connectivity index (χ4v) is 13.2. The molecule has 0 bridgehead atoms. The lowest BCUT2D eigenvalue weighted by molar-refractivity contribution is -0.148. The summed E-state index contributed by atoms with van der Waals surface area (Å²) < 4.78 is 29.2. The monoisotopic (exact) mass is 1150 g/mol. The zero-order valence-electron chi connectivity index (χ0n) is 47.5. The smallest absolute Gasteiger partial charge is 0.307 e. The molecule has 0 spiro atoms. The van der Waals surface area contributed by atoms with Gasteiger partial charge in [0.15, 0.2) is 13.5 Å². The van der Waals surface area contributed by atoms with Gasteiger partial charge in [0.25, 0.3) is 11.1 Å². The van der Waals surface area contributed by atoms with E-state index in [0.717, 1.165) is 166 Å². The fourth-order valence-electron chi connectivity index (χ4n) is 11.5. The van der Waals surface area contributed by atoms with Crippen molar-refractivity contribution in [3.63, 3.8) is 0 Å². The summed E-state index contributed by atoms with van der Waals surface area (Å²) in [5, 5.41) is 8.83. The number of thiophene rings is 2. The molecule has 2 aliphatic heterocycles. The number of rotatable bonds is 31. The standard InChI is InChI=1S/C66H80N6O8S2/c73-63-29-25-51-23-27-53(77-43-13-11-33-67-35-39-69(40-36-67)57-17-15-19-61-55(57)31-45-81-61)47-59(51)71(63)49-79-65(75)21-9-7-5-3-1-2-4-6-8-10-22-66(76)80-50-72-60-48-54(28-24-52(60)26-30-64(72)74)78-44-14-12-34-68-37-41-70(42-38-68)58-18-16-20-62-56(58)32-46-82-62/h15-20,23-32,45-48H,1-14,21-22,33-44,49-50H2. The predicted octanol–water partition coefficient (Wildman–Crippen LogP) is 13.1. The number of piperazine rings is 2. The summed E-state index contributed by atoms with van der Waals surface area (Å²) in [6.07, 6.45) is 14.6. The van der Waals surface area contributed by atoms with Crippen molar-refractivity contribution in [3.8, 4) is 11.5 Å². The molecule has 0 unspecified atom stereocenters. The van der Waals surface area contributed by atoms with Crippen molar-refractivity contribution in [2.75, 3.05) is 88.5 Å².